The molecule has 1 N–H and O–H groups in total. The third-order valence-corrected chi connectivity index (χ3v) is 7.36. The number of piperazine rings is 1. The first-order chi connectivity index (χ1) is 16.2. The number of anilines is 1. The second kappa shape index (κ2) is 11.0. The van der Waals surface area contributed by atoms with E-state index < -0.39 is 21.7 Å². The van der Waals surface area contributed by atoms with Gasteiger partial charge < -0.3 is 24.4 Å². The molecule has 0 bridgehead atoms. The molecule has 1 aliphatic rings. The summed E-state index contributed by atoms with van der Waals surface area (Å²) >= 11 is 0. The zero-order valence-corrected chi connectivity index (χ0v) is 20.0. The number of hydrogen-bond donors (Lipinski definition) is 1. The van der Waals surface area contributed by atoms with E-state index in [-0.39, 0.29) is 30.3 Å². The van der Waals surface area contributed by atoms with Gasteiger partial charge in [-0.15, -0.1) is 0 Å². The SMILES string of the molecule is COc1cc(NC(=O)CCN2CCN(S(=O)(=O)c3ccc(F)c(F)c3)CC2)cc(OC)c1OC. The number of ether oxygens (including phenoxy) is 3. The van der Waals surface area contributed by atoms with Gasteiger partial charge in [0.2, 0.25) is 21.7 Å². The van der Waals surface area contributed by atoms with Gasteiger partial charge in [0.15, 0.2) is 23.1 Å². The van der Waals surface area contributed by atoms with E-state index in [0.29, 0.717) is 48.6 Å². The number of amides is 1. The van der Waals surface area contributed by atoms with Gasteiger partial charge in [0, 0.05) is 57.0 Å². The number of halogens is 2. The second-order valence-corrected chi connectivity index (χ2v) is 9.47. The summed E-state index contributed by atoms with van der Waals surface area (Å²) in [5.41, 5.74) is 0.488. The van der Waals surface area contributed by atoms with Crippen LogP contribution in [0.15, 0.2) is 35.2 Å². The van der Waals surface area contributed by atoms with Gasteiger partial charge in [-0.1, -0.05) is 0 Å². The summed E-state index contributed by atoms with van der Waals surface area (Å²) in [6.45, 7) is 1.59. The fraction of sp³-hybridized carbons (Fsp3) is 0.409. The van der Waals surface area contributed by atoms with E-state index in [0.717, 1.165) is 12.1 Å². The van der Waals surface area contributed by atoms with Crippen LogP contribution < -0.4 is 19.5 Å². The molecule has 0 aliphatic carbocycles. The van der Waals surface area contributed by atoms with Gasteiger partial charge in [-0.2, -0.15) is 4.31 Å². The van der Waals surface area contributed by atoms with Gasteiger partial charge in [0.25, 0.3) is 0 Å². The van der Waals surface area contributed by atoms with Gasteiger partial charge >= 0.3 is 0 Å². The summed E-state index contributed by atoms with van der Waals surface area (Å²) < 4.78 is 69.1. The highest BCUT2D eigenvalue weighted by Crippen LogP contribution is 2.39. The Morgan fingerprint density at radius 3 is 2.09 bits per heavy atom. The third kappa shape index (κ3) is 5.75. The lowest BCUT2D eigenvalue weighted by Crippen LogP contribution is -2.49. The van der Waals surface area contributed by atoms with E-state index in [1.807, 2.05) is 4.90 Å². The number of benzene rings is 2. The molecule has 1 fully saturated rings. The number of sulfonamides is 1. The Labute approximate surface area is 197 Å². The van der Waals surface area contributed by atoms with E-state index >= 15 is 0 Å². The lowest BCUT2D eigenvalue weighted by molar-refractivity contribution is -0.116. The van der Waals surface area contributed by atoms with Crippen LogP contribution in [0.5, 0.6) is 17.2 Å². The van der Waals surface area contributed by atoms with Crippen LogP contribution in [0, 0.1) is 11.6 Å². The standard InChI is InChI=1S/C22H27F2N3O6S/c1-31-19-12-15(13-20(32-2)22(19)33-3)25-21(28)6-7-26-8-10-27(11-9-26)34(29,30)16-4-5-17(23)18(24)14-16/h4-5,12-14H,6-11H2,1-3H3,(H,25,28). The van der Waals surface area contributed by atoms with Gasteiger partial charge in [0.1, 0.15) is 0 Å². The molecule has 0 saturated carbocycles. The molecule has 2 aromatic rings. The average Bonchev–Trinajstić information content (AvgIpc) is 2.83. The molecule has 1 amide bonds. The zero-order chi connectivity index (χ0) is 24.9. The number of rotatable bonds is 9. The highest BCUT2D eigenvalue weighted by molar-refractivity contribution is 7.89. The Balaban J connectivity index is 1.53. The maximum atomic E-state index is 13.5. The van der Waals surface area contributed by atoms with Crippen molar-refractivity contribution in [3.8, 4) is 17.2 Å². The van der Waals surface area contributed by atoms with Crippen molar-refractivity contribution >= 4 is 21.6 Å². The lowest BCUT2D eigenvalue weighted by atomic mass is 10.2. The van der Waals surface area contributed by atoms with Crippen molar-refractivity contribution in [2.24, 2.45) is 0 Å². The molecule has 3 rings (SSSR count). The fourth-order valence-corrected chi connectivity index (χ4v) is 5.05. The molecule has 2 aromatic carbocycles. The van der Waals surface area contributed by atoms with E-state index in [9.17, 15) is 22.0 Å². The van der Waals surface area contributed by atoms with E-state index in [1.165, 1.54) is 25.6 Å². The van der Waals surface area contributed by atoms with Crippen LogP contribution in [0.3, 0.4) is 0 Å². The van der Waals surface area contributed by atoms with Gasteiger partial charge in [-0.3, -0.25) is 4.79 Å². The maximum Gasteiger partial charge on any atom is 0.243 e. The summed E-state index contributed by atoms with van der Waals surface area (Å²) in [7, 11) is 0.522. The molecule has 12 heteroatoms. The smallest absolute Gasteiger partial charge is 0.243 e. The van der Waals surface area contributed by atoms with Crippen LogP contribution in [0.4, 0.5) is 14.5 Å². The van der Waals surface area contributed by atoms with Crippen LogP contribution in [0.2, 0.25) is 0 Å². The van der Waals surface area contributed by atoms with E-state index in [4.69, 9.17) is 14.2 Å². The first-order valence-corrected chi connectivity index (χ1v) is 11.9. The first-order valence-electron chi connectivity index (χ1n) is 10.5. The molecule has 0 radical (unpaired) electrons. The number of carbonyl (C=O) groups is 1. The Morgan fingerprint density at radius 1 is 0.941 bits per heavy atom. The summed E-state index contributed by atoms with van der Waals surface area (Å²) in [4.78, 5) is 14.1. The highest BCUT2D eigenvalue weighted by atomic mass is 32.2. The van der Waals surface area contributed by atoms with Crippen LogP contribution >= 0.6 is 0 Å². The first kappa shape index (κ1) is 25.7. The summed E-state index contributed by atoms with van der Waals surface area (Å²) in [5, 5.41) is 2.79. The van der Waals surface area contributed by atoms with Gasteiger partial charge in [0.05, 0.1) is 26.2 Å². The van der Waals surface area contributed by atoms with Crippen molar-refractivity contribution in [2.45, 2.75) is 11.3 Å². The molecule has 1 saturated heterocycles. The molecule has 9 nitrogen and oxygen atoms in total. The van der Waals surface area contributed by atoms with Crippen molar-refractivity contribution < 1.29 is 36.2 Å². The third-order valence-electron chi connectivity index (χ3n) is 5.46. The minimum Gasteiger partial charge on any atom is -0.493 e. The van der Waals surface area contributed by atoms with Crippen LogP contribution in [0.25, 0.3) is 0 Å². The van der Waals surface area contributed by atoms with Crippen LogP contribution in [-0.4, -0.2) is 77.6 Å². The molecule has 0 unspecified atom stereocenters. The summed E-state index contributed by atoms with van der Waals surface area (Å²) in [5.74, 6) is -1.30. The molecule has 0 aromatic heterocycles. The molecular weight excluding hydrogens is 472 g/mol. The molecule has 0 atom stereocenters. The predicted octanol–water partition coefficient (Wildman–Crippen LogP) is 2.33. The Kier molecular flexibility index (Phi) is 8.28. The molecular formula is C22H27F2N3O6S. The van der Waals surface area contributed by atoms with E-state index in [2.05, 4.69) is 5.32 Å². The van der Waals surface area contributed by atoms with E-state index in [1.54, 1.807) is 12.1 Å². The van der Waals surface area contributed by atoms with Crippen molar-refractivity contribution in [2.75, 3.05) is 59.4 Å². The number of nitrogens with zero attached hydrogens (tertiary/aromatic N) is 2. The predicted molar refractivity (Wildman–Crippen MR) is 121 cm³/mol. The quantitative estimate of drug-likeness (QED) is 0.566. The average molecular weight is 500 g/mol. The zero-order valence-electron chi connectivity index (χ0n) is 19.1. The topological polar surface area (TPSA) is 97.4 Å². The van der Waals surface area contributed by atoms with Crippen molar-refractivity contribution in [1.29, 1.82) is 0 Å². The lowest BCUT2D eigenvalue weighted by Gasteiger charge is -2.33. The number of carbonyl (C=O) groups excluding carboxylic acids is 1. The second-order valence-electron chi connectivity index (χ2n) is 7.53. The molecule has 34 heavy (non-hydrogen) atoms. The number of methoxy groups -OCH3 is 3. The Hall–Kier alpha value is -2.96. The number of hydrogen-bond acceptors (Lipinski definition) is 7. The fourth-order valence-electron chi connectivity index (χ4n) is 3.62. The molecule has 1 aliphatic heterocycles. The van der Waals surface area contributed by atoms with Crippen molar-refractivity contribution in [1.82, 2.24) is 9.21 Å². The normalized spacial score (nSPS) is 15.1. The number of nitrogens with one attached hydrogen (secondary N) is 1. The Bertz CT molecular complexity index is 1110. The largest absolute Gasteiger partial charge is 0.493 e. The van der Waals surface area contributed by atoms with Crippen molar-refractivity contribution in [3.05, 3.63) is 42.0 Å². The molecule has 1 heterocycles. The summed E-state index contributed by atoms with van der Waals surface area (Å²) in [6, 6.07) is 5.78. The van der Waals surface area contributed by atoms with Crippen LogP contribution in [0.1, 0.15) is 6.42 Å². The molecule has 0 spiro atoms. The Morgan fingerprint density at radius 2 is 1.56 bits per heavy atom. The minimum atomic E-state index is -3.93. The highest BCUT2D eigenvalue weighted by Gasteiger charge is 2.29. The van der Waals surface area contributed by atoms with Gasteiger partial charge in [-0.05, 0) is 18.2 Å². The van der Waals surface area contributed by atoms with Crippen molar-refractivity contribution in [3.63, 3.8) is 0 Å². The minimum absolute atomic E-state index is 0.176. The van der Waals surface area contributed by atoms with Gasteiger partial charge in [-0.25, -0.2) is 17.2 Å². The van der Waals surface area contributed by atoms with Crippen LogP contribution in [-0.2, 0) is 14.8 Å². The summed E-state index contributed by atoms with van der Waals surface area (Å²) in [6.07, 6.45) is 0.187. The monoisotopic (exact) mass is 499 g/mol. The molecule has 186 valence electrons. The maximum absolute atomic E-state index is 13.5.